The van der Waals surface area contributed by atoms with E-state index >= 15 is 0 Å². The van der Waals surface area contributed by atoms with Gasteiger partial charge in [-0.3, -0.25) is 0 Å². The molecule has 0 unspecified atom stereocenters. The van der Waals surface area contributed by atoms with E-state index < -0.39 is 0 Å². The monoisotopic (exact) mass is 625 g/mol. The van der Waals surface area contributed by atoms with Gasteiger partial charge in [-0.2, -0.15) is 5.26 Å². The molecule has 0 atom stereocenters. The van der Waals surface area contributed by atoms with Gasteiger partial charge in [0.2, 0.25) is 0 Å². The Morgan fingerprint density at radius 3 is 1.41 bits per heavy atom. The maximum Gasteiger partial charge on any atom is 0.102 e. The Kier molecular flexibility index (Phi) is 5.73. The maximum atomic E-state index is 10.6. The Morgan fingerprint density at radius 1 is 0.449 bits per heavy atom. The Labute approximate surface area is 281 Å². The summed E-state index contributed by atoms with van der Waals surface area (Å²) in [6.45, 7) is 0. The van der Waals surface area contributed by atoms with Crippen molar-refractivity contribution < 1.29 is 0 Å². The zero-order valence-corrected chi connectivity index (χ0v) is 26.3. The SMILES string of the molecule is N#Cc1c(C=N)cc(-n2c3ccccc3c3c4c5ccccc5n(-c5ccccc5)c4ccc32)cc1-n1c2ccccc2c2ccccc21. The normalized spacial score (nSPS) is 11.7. The second-order valence-electron chi connectivity index (χ2n) is 12.4. The van der Waals surface area contributed by atoms with E-state index in [1.807, 2.05) is 18.2 Å². The third-order valence-corrected chi connectivity index (χ3v) is 9.97. The van der Waals surface area contributed by atoms with Crippen molar-refractivity contribution >= 4 is 71.6 Å². The number of hydrogen-bond donors (Lipinski definition) is 1. The smallest absolute Gasteiger partial charge is 0.102 e. The lowest BCUT2D eigenvalue weighted by Gasteiger charge is -2.16. The standard InChI is InChI=1S/C44H27N5/c45-26-28-24-30(25-42(35(28)27-46)49-36-18-8-4-14-31(36)32-15-5-9-19-37(32)49)48-39-21-11-7-17-34(39)44-41(48)23-22-40-43(44)33-16-6-10-20-38(33)47(40)29-12-2-1-3-13-29/h1-26,45H. The second-order valence-corrected chi connectivity index (χ2v) is 12.4. The van der Waals surface area contributed by atoms with E-state index in [-0.39, 0.29) is 0 Å². The maximum absolute atomic E-state index is 10.6. The van der Waals surface area contributed by atoms with Crippen molar-refractivity contribution in [3.8, 4) is 23.1 Å². The summed E-state index contributed by atoms with van der Waals surface area (Å²) in [5, 5.41) is 26.0. The molecule has 0 fully saturated rings. The third-order valence-electron chi connectivity index (χ3n) is 9.97. The second kappa shape index (κ2) is 10.3. The number of rotatable bonds is 4. The molecule has 7 aromatic carbocycles. The highest BCUT2D eigenvalue weighted by atomic mass is 15.0. The first-order chi connectivity index (χ1) is 24.3. The van der Waals surface area contributed by atoms with Gasteiger partial charge in [-0.15, -0.1) is 0 Å². The van der Waals surface area contributed by atoms with Crippen LogP contribution >= 0.6 is 0 Å². The number of aromatic nitrogens is 3. The summed E-state index contributed by atoms with van der Waals surface area (Å²) in [6, 6.07) is 55.4. The number of nitrogens with one attached hydrogen (secondary N) is 1. The van der Waals surface area contributed by atoms with Gasteiger partial charge in [0.15, 0.2) is 0 Å². The predicted octanol–water partition coefficient (Wildman–Crippen LogP) is 10.8. The summed E-state index contributed by atoms with van der Waals surface area (Å²) in [5.41, 5.74) is 10.3. The molecule has 228 valence electrons. The summed E-state index contributed by atoms with van der Waals surface area (Å²) in [7, 11) is 0. The topological polar surface area (TPSA) is 62.4 Å². The summed E-state index contributed by atoms with van der Waals surface area (Å²) in [4.78, 5) is 0. The number of nitriles is 1. The summed E-state index contributed by atoms with van der Waals surface area (Å²) in [5.74, 6) is 0. The van der Waals surface area contributed by atoms with Crippen molar-refractivity contribution in [3.63, 3.8) is 0 Å². The number of benzene rings is 7. The molecule has 5 heteroatoms. The molecular formula is C44H27N5. The van der Waals surface area contributed by atoms with Gasteiger partial charge in [0.05, 0.1) is 44.4 Å². The fourth-order valence-corrected chi connectivity index (χ4v) is 8.01. The van der Waals surface area contributed by atoms with Gasteiger partial charge in [0, 0.05) is 55.5 Å². The molecular weight excluding hydrogens is 599 g/mol. The molecule has 10 aromatic rings. The molecule has 0 aliphatic heterocycles. The minimum absolute atomic E-state index is 0.472. The van der Waals surface area contributed by atoms with E-state index in [4.69, 9.17) is 5.41 Å². The fourth-order valence-electron chi connectivity index (χ4n) is 8.01. The molecule has 0 radical (unpaired) electrons. The molecule has 0 spiro atoms. The van der Waals surface area contributed by atoms with Crippen molar-refractivity contribution in [1.29, 1.82) is 10.7 Å². The lowest BCUT2D eigenvalue weighted by molar-refractivity contribution is 1.12. The average Bonchev–Trinajstić information content (AvgIpc) is 3.80. The van der Waals surface area contributed by atoms with Gasteiger partial charge in [-0.25, -0.2) is 0 Å². The molecule has 0 aliphatic carbocycles. The van der Waals surface area contributed by atoms with Gasteiger partial charge < -0.3 is 19.1 Å². The van der Waals surface area contributed by atoms with E-state index in [1.165, 1.54) is 22.4 Å². The molecule has 0 bridgehead atoms. The van der Waals surface area contributed by atoms with E-state index in [0.717, 1.165) is 66.3 Å². The minimum atomic E-state index is 0.472. The van der Waals surface area contributed by atoms with Crippen LogP contribution in [0.15, 0.2) is 152 Å². The minimum Gasteiger partial charge on any atom is -0.309 e. The lowest BCUT2D eigenvalue weighted by Crippen LogP contribution is -2.05. The van der Waals surface area contributed by atoms with Gasteiger partial charge in [-0.05, 0) is 60.7 Å². The Hall–Kier alpha value is -6.90. The van der Waals surface area contributed by atoms with Crippen LogP contribution in [0.5, 0.6) is 0 Å². The summed E-state index contributed by atoms with van der Waals surface area (Å²) >= 11 is 0. The van der Waals surface area contributed by atoms with Crippen LogP contribution in [-0.4, -0.2) is 19.9 Å². The van der Waals surface area contributed by atoms with Gasteiger partial charge >= 0.3 is 0 Å². The van der Waals surface area contributed by atoms with Crippen LogP contribution in [0.3, 0.4) is 0 Å². The summed E-state index contributed by atoms with van der Waals surface area (Å²) < 4.78 is 6.83. The van der Waals surface area contributed by atoms with Crippen LogP contribution in [0.1, 0.15) is 11.1 Å². The zero-order valence-electron chi connectivity index (χ0n) is 26.3. The van der Waals surface area contributed by atoms with Crippen LogP contribution in [-0.2, 0) is 0 Å². The van der Waals surface area contributed by atoms with Crippen molar-refractivity contribution in [2.24, 2.45) is 0 Å². The predicted molar refractivity (Wildman–Crippen MR) is 202 cm³/mol. The number of nitrogens with zero attached hydrogens (tertiary/aromatic N) is 4. The van der Waals surface area contributed by atoms with Crippen LogP contribution in [0.2, 0.25) is 0 Å². The molecule has 0 aliphatic rings. The van der Waals surface area contributed by atoms with E-state index in [0.29, 0.717) is 11.1 Å². The van der Waals surface area contributed by atoms with Crippen molar-refractivity contribution in [3.05, 3.63) is 163 Å². The van der Waals surface area contributed by atoms with Gasteiger partial charge in [0.1, 0.15) is 6.07 Å². The van der Waals surface area contributed by atoms with E-state index in [2.05, 4.69) is 153 Å². The molecule has 0 saturated carbocycles. The van der Waals surface area contributed by atoms with Crippen LogP contribution in [0, 0.1) is 16.7 Å². The van der Waals surface area contributed by atoms with E-state index in [9.17, 15) is 5.26 Å². The fraction of sp³-hybridized carbons (Fsp3) is 0. The zero-order chi connectivity index (χ0) is 32.6. The van der Waals surface area contributed by atoms with Crippen LogP contribution in [0.25, 0.3) is 82.5 Å². The van der Waals surface area contributed by atoms with Crippen molar-refractivity contribution in [1.82, 2.24) is 13.7 Å². The highest BCUT2D eigenvalue weighted by molar-refractivity contribution is 6.29. The highest BCUT2D eigenvalue weighted by Crippen LogP contribution is 2.43. The average molecular weight is 626 g/mol. The first-order valence-electron chi connectivity index (χ1n) is 16.3. The lowest BCUT2D eigenvalue weighted by atomic mass is 10.0. The molecule has 49 heavy (non-hydrogen) atoms. The van der Waals surface area contributed by atoms with Gasteiger partial charge in [-0.1, -0.05) is 91.0 Å². The van der Waals surface area contributed by atoms with Gasteiger partial charge in [0.25, 0.3) is 0 Å². The largest absolute Gasteiger partial charge is 0.309 e. The van der Waals surface area contributed by atoms with Crippen molar-refractivity contribution in [2.75, 3.05) is 0 Å². The number of para-hydroxylation sites is 5. The quantitative estimate of drug-likeness (QED) is 0.194. The molecule has 0 amide bonds. The first-order valence-corrected chi connectivity index (χ1v) is 16.3. The van der Waals surface area contributed by atoms with Crippen LogP contribution in [0.4, 0.5) is 0 Å². The molecule has 10 rings (SSSR count). The van der Waals surface area contributed by atoms with E-state index in [1.54, 1.807) is 0 Å². The molecule has 5 nitrogen and oxygen atoms in total. The number of hydrogen-bond acceptors (Lipinski definition) is 2. The van der Waals surface area contributed by atoms with Crippen molar-refractivity contribution in [2.45, 2.75) is 0 Å². The number of fused-ring (bicyclic) bond motifs is 10. The molecule has 3 heterocycles. The Balaban J connectivity index is 1.35. The summed E-state index contributed by atoms with van der Waals surface area (Å²) in [6.07, 6.45) is 1.30. The first kappa shape index (κ1) is 27.2. The van der Waals surface area contributed by atoms with Crippen LogP contribution < -0.4 is 0 Å². The third kappa shape index (κ3) is 3.71. The Morgan fingerprint density at radius 2 is 0.898 bits per heavy atom. The molecule has 0 saturated heterocycles. The Bertz CT molecular complexity index is 2970. The highest BCUT2D eigenvalue weighted by Gasteiger charge is 2.23. The molecule has 3 aromatic heterocycles. The molecule has 1 N–H and O–H groups in total.